The summed E-state index contributed by atoms with van der Waals surface area (Å²) in [5.41, 5.74) is 2.68. The lowest BCUT2D eigenvalue weighted by molar-refractivity contribution is -0.130. The van der Waals surface area contributed by atoms with Crippen molar-refractivity contribution in [1.29, 1.82) is 0 Å². The summed E-state index contributed by atoms with van der Waals surface area (Å²) in [5.74, 6) is -0.0911. The predicted molar refractivity (Wildman–Crippen MR) is 141 cm³/mol. The van der Waals surface area contributed by atoms with Gasteiger partial charge in [0.2, 0.25) is 5.91 Å². The Labute approximate surface area is 216 Å². The van der Waals surface area contributed by atoms with E-state index in [0.717, 1.165) is 42.4 Å². The number of para-hydroxylation sites is 1. The van der Waals surface area contributed by atoms with E-state index in [-0.39, 0.29) is 29.7 Å². The molecule has 188 valence electrons. The SMILES string of the molecule is O=C(CCN1C(=O)c2ccccc2[C@H]1c1cn(S(=O)(=O)c2ccccc2)c2ccccc12)N1CCCC1. The Hall–Kier alpha value is -3.91. The first-order valence-electron chi connectivity index (χ1n) is 12.5. The van der Waals surface area contributed by atoms with Gasteiger partial charge in [-0.3, -0.25) is 9.59 Å². The zero-order valence-corrected chi connectivity index (χ0v) is 21.1. The van der Waals surface area contributed by atoms with Crippen molar-refractivity contribution in [1.82, 2.24) is 13.8 Å². The van der Waals surface area contributed by atoms with Crippen LogP contribution in [0.15, 0.2) is 90.0 Å². The molecule has 4 aromatic rings. The molecule has 3 heterocycles. The van der Waals surface area contributed by atoms with Gasteiger partial charge in [0.05, 0.1) is 16.5 Å². The Morgan fingerprint density at radius 3 is 2.30 bits per heavy atom. The Morgan fingerprint density at radius 1 is 0.838 bits per heavy atom. The fourth-order valence-electron chi connectivity index (χ4n) is 5.57. The zero-order valence-electron chi connectivity index (χ0n) is 20.3. The van der Waals surface area contributed by atoms with Gasteiger partial charge in [-0.15, -0.1) is 0 Å². The second kappa shape index (κ2) is 9.19. The molecular formula is C29H27N3O4S. The van der Waals surface area contributed by atoms with E-state index in [4.69, 9.17) is 0 Å². The number of fused-ring (bicyclic) bond motifs is 2. The van der Waals surface area contributed by atoms with Crippen molar-refractivity contribution in [3.05, 3.63) is 102 Å². The first-order valence-corrected chi connectivity index (χ1v) is 14.0. The molecule has 1 atom stereocenters. The maximum atomic E-state index is 13.7. The van der Waals surface area contributed by atoms with E-state index in [1.807, 2.05) is 41.3 Å². The summed E-state index contributed by atoms with van der Waals surface area (Å²) in [7, 11) is -3.87. The van der Waals surface area contributed by atoms with Crippen LogP contribution in [-0.4, -0.2) is 53.6 Å². The minimum atomic E-state index is -3.87. The Balaban J connectivity index is 1.46. The molecule has 37 heavy (non-hydrogen) atoms. The maximum absolute atomic E-state index is 13.7. The van der Waals surface area contributed by atoms with Gasteiger partial charge in [-0.1, -0.05) is 54.6 Å². The van der Waals surface area contributed by atoms with E-state index < -0.39 is 16.1 Å². The standard InChI is InChI=1S/C29H27N3O4S/c33-27(30-17-8-9-18-30)16-19-31-28(23-13-4-5-14-24(23)29(31)34)25-20-32(26-15-7-6-12-22(25)26)37(35,36)21-10-2-1-3-11-21/h1-7,10-15,20,28H,8-9,16-19H2/t28-/m0/s1. The molecule has 2 amide bonds. The highest BCUT2D eigenvalue weighted by atomic mass is 32.2. The average Bonchev–Trinajstić information content (AvgIpc) is 3.66. The summed E-state index contributed by atoms with van der Waals surface area (Å²) < 4.78 is 28.6. The van der Waals surface area contributed by atoms with E-state index in [0.29, 0.717) is 11.1 Å². The number of likely N-dealkylation sites (tertiary alicyclic amines) is 1. The first kappa shape index (κ1) is 23.5. The van der Waals surface area contributed by atoms with Crippen LogP contribution < -0.4 is 0 Å². The molecule has 0 N–H and O–H groups in total. The summed E-state index contributed by atoms with van der Waals surface area (Å²) in [4.78, 5) is 30.2. The summed E-state index contributed by atoms with van der Waals surface area (Å²) in [5, 5.41) is 0.757. The molecule has 1 saturated heterocycles. The van der Waals surface area contributed by atoms with E-state index in [1.54, 1.807) is 53.6 Å². The second-order valence-electron chi connectivity index (χ2n) is 9.54. The molecule has 0 aliphatic carbocycles. The summed E-state index contributed by atoms with van der Waals surface area (Å²) in [6.07, 6.45) is 3.90. The molecule has 2 aliphatic heterocycles. The van der Waals surface area contributed by atoms with Crippen LogP contribution in [0.25, 0.3) is 10.9 Å². The molecule has 2 aliphatic rings. The molecular weight excluding hydrogens is 486 g/mol. The number of hydrogen-bond donors (Lipinski definition) is 0. The molecule has 8 heteroatoms. The quantitative estimate of drug-likeness (QED) is 0.382. The smallest absolute Gasteiger partial charge is 0.268 e. The highest BCUT2D eigenvalue weighted by Crippen LogP contribution is 2.42. The molecule has 1 fully saturated rings. The van der Waals surface area contributed by atoms with Crippen molar-refractivity contribution in [3.63, 3.8) is 0 Å². The minimum absolute atomic E-state index is 0.0501. The van der Waals surface area contributed by atoms with Gasteiger partial charge in [0, 0.05) is 48.8 Å². The third kappa shape index (κ3) is 3.92. The van der Waals surface area contributed by atoms with Crippen molar-refractivity contribution in [2.24, 2.45) is 0 Å². The number of nitrogens with zero attached hydrogens (tertiary/aromatic N) is 3. The maximum Gasteiger partial charge on any atom is 0.268 e. The molecule has 6 rings (SSSR count). The molecule has 3 aromatic carbocycles. The molecule has 0 radical (unpaired) electrons. The number of hydrogen-bond acceptors (Lipinski definition) is 4. The molecule has 1 aromatic heterocycles. The van der Waals surface area contributed by atoms with Crippen LogP contribution in [0.5, 0.6) is 0 Å². The monoisotopic (exact) mass is 513 g/mol. The molecule has 0 bridgehead atoms. The van der Waals surface area contributed by atoms with E-state index >= 15 is 0 Å². The normalized spacial score (nSPS) is 17.5. The lowest BCUT2D eigenvalue weighted by atomic mass is 9.97. The Kier molecular flexibility index (Phi) is 5.83. The van der Waals surface area contributed by atoms with Gasteiger partial charge in [0.1, 0.15) is 0 Å². The van der Waals surface area contributed by atoms with Crippen LogP contribution in [0.4, 0.5) is 0 Å². The van der Waals surface area contributed by atoms with Crippen LogP contribution in [0.2, 0.25) is 0 Å². The van der Waals surface area contributed by atoms with Gasteiger partial charge >= 0.3 is 0 Å². The van der Waals surface area contributed by atoms with Crippen molar-refractivity contribution in [2.45, 2.75) is 30.2 Å². The zero-order chi connectivity index (χ0) is 25.6. The van der Waals surface area contributed by atoms with Crippen molar-refractivity contribution in [3.8, 4) is 0 Å². The molecule has 0 saturated carbocycles. The highest BCUT2D eigenvalue weighted by molar-refractivity contribution is 7.90. The van der Waals surface area contributed by atoms with Gasteiger partial charge in [-0.05, 0) is 42.7 Å². The highest BCUT2D eigenvalue weighted by Gasteiger charge is 2.39. The van der Waals surface area contributed by atoms with Gasteiger partial charge in [-0.25, -0.2) is 12.4 Å². The van der Waals surface area contributed by atoms with Crippen LogP contribution in [0.3, 0.4) is 0 Å². The topological polar surface area (TPSA) is 79.7 Å². The van der Waals surface area contributed by atoms with Crippen LogP contribution >= 0.6 is 0 Å². The van der Waals surface area contributed by atoms with Gasteiger partial charge < -0.3 is 9.80 Å². The van der Waals surface area contributed by atoms with E-state index in [2.05, 4.69) is 0 Å². The first-order chi connectivity index (χ1) is 18.0. The lowest BCUT2D eigenvalue weighted by Crippen LogP contribution is -2.35. The largest absolute Gasteiger partial charge is 0.343 e. The number of amides is 2. The number of rotatable bonds is 6. The van der Waals surface area contributed by atoms with Crippen LogP contribution in [-0.2, 0) is 14.8 Å². The Morgan fingerprint density at radius 2 is 1.51 bits per heavy atom. The summed E-state index contributed by atoms with van der Waals surface area (Å²) in [6.45, 7) is 1.79. The summed E-state index contributed by atoms with van der Waals surface area (Å²) >= 11 is 0. The van der Waals surface area contributed by atoms with Gasteiger partial charge in [-0.2, -0.15) is 0 Å². The van der Waals surface area contributed by atoms with Gasteiger partial charge in [0.15, 0.2) is 0 Å². The molecule has 7 nitrogen and oxygen atoms in total. The van der Waals surface area contributed by atoms with Crippen molar-refractivity contribution < 1.29 is 18.0 Å². The summed E-state index contributed by atoms with van der Waals surface area (Å²) in [6, 6.07) is 22.6. The molecule has 0 spiro atoms. The number of carbonyl (C=O) groups is 2. The van der Waals surface area contributed by atoms with Crippen molar-refractivity contribution in [2.75, 3.05) is 19.6 Å². The third-order valence-corrected chi connectivity index (χ3v) is 9.07. The molecule has 0 unspecified atom stereocenters. The van der Waals surface area contributed by atoms with Crippen LogP contribution in [0.1, 0.15) is 46.8 Å². The van der Waals surface area contributed by atoms with Crippen LogP contribution in [0, 0.1) is 0 Å². The lowest BCUT2D eigenvalue weighted by Gasteiger charge is -2.26. The average molecular weight is 514 g/mol. The fraction of sp³-hybridized carbons (Fsp3) is 0.241. The van der Waals surface area contributed by atoms with Crippen molar-refractivity contribution >= 4 is 32.7 Å². The number of benzene rings is 3. The van der Waals surface area contributed by atoms with Gasteiger partial charge in [0.25, 0.3) is 15.9 Å². The fourth-order valence-corrected chi connectivity index (χ4v) is 6.97. The van der Waals surface area contributed by atoms with E-state index in [1.165, 1.54) is 3.97 Å². The third-order valence-electron chi connectivity index (χ3n) is 7.39. The Bertz CT molecular complexity index is 1600. The predicted octanol–water partition coefficient (Wildman–Crippen LogP) is 4.44. The minimum Gasteiger partial charge on any atom is -0.343 e. The number of aromatic nitrogens is 1. The second-order valence-corrected chi connectivity index (χ2v) is 11.4. The number of carbonyl (C=O) groups excluding carboxylic acids is 2. The van der Waals surface area contributed by atoms with E-state index in [9.17, 15) is 18.0 Å².